The molecule has 1 aromatic carbocycles. The van der Waals surface area contributed by atoms with Crippen molar-refractivity contribution in [2.24, 2.45) is 11.5 Å². The van der Waals surface area contributed by atoms with Gasteiger partial charge < -0.3 is 16.6 Å². The first kappa shape index (κ1) is 9.70. The predicted molar refractivity (Wildman–Crippen MR) is 49.0 cm³/mol. The third-order valence-electron chi connectivity index (χ3n) is 1.86. The van der Waals surface area contributed by atoms with Crippen LogP contribution >= 0.6 is 0 Å². The van der Waals surface area contributed by atoms with Crippen LogP contribution in [0.2, 0.25) is 0 Å². The number of aliphatic carboxylic acids is 1. The molecule has 1 rings (SSSR count). The molecule has 0 saturated carbocycles. The standard InChI is InChI=1S/C9H12N2O2/c10-7(8(11)9(12)13)6-4-2-1-3-5-6/h1-5,7-8H,10-11H2,(H,12,13)/t7-,8+/m0/s1. The van der Waals surface area contributed by atoms with Crippen molar-refractivity contribution >= 4 is 5.97 Å². The molecule has 1 aromatic rings. The number of benzene rings is 1. The van der Waals surface area contributed by atoms with E-state index in [9.17, 15) is 4.79 Å². The highest BCUT2D eigenvalue weighted by molar-refractivity contribution is 5.74. The summed E-state index contributed by atoms with van der Waals surface area (Å²) in [6, 6.07) is 7.23. The van der Waals surface area contributed by atoms with Crippen molar-refractivity contribution < 1.29 is 9.90 Å². The quantitative estimate of drug-likeness (QED) is 0.615. The predicted octanol–water partition coefficient (Wildman–Crippen LogP) is 0.0983. The molecule has 13 heavy (non-hydrogen) atoms. The third kappa shape index (κ3) is 2.27. The number of carboxylic acids is 1. The first-order valence-electron chi connectivity index (χ1n) is 3.92. The van der Waals surface area contributed by atoms with Crippen molar-refractivity contribution in [3.05, 3.63) is 35.9 Å². The molecule has 0 unspecified atom stereocenters. The molecule has 5 N–H and O–H groups in total. The summed E-state index contributed by atoms with van der Waals surface area (Å²) in [5, 5.41) is 8.61. The molecule has 0 fully saturated rings. The van der Waals surface area contributed by atoms with Crippen LogP contribution < -0.4 is 11.5 Å². The fourth-order valence-corrected chi connectivity index (χ4v) is 1.04. The monoisotopic (exact) mass is 180 g/mol. The van der Waals surface area contributed by atoms with Gasteiger partial charge in [0, 0.05) is 0 Å². The van der Waals surface area contributed by atoms with Crippen LogP contribution in [0.1, 0.15) is 11.6 Å². The van der Waals surface area contributed by atoms with Gasteiger partial charge in [0.15, 0.2) is 0 Å². The largest absolute Gasteiger partial charge is 0.480 e. The van der Waals surface area contributed by atoms with Crippen molar-refractivity contribution in [1.29, 1.82) is 0 Å². The summed E-state index contributed by atoms with van der Waals surface area (Å²) in [5.74, 6) is -1.09. The van der Waals surface area contributed by atoms with Crippen LogP contribution in [0.15, 0.2) is 30.3 Å². The fourth-order valence-electron chi connectivity index (χ4n) is 1.04. The van der Waals surface area contributed by atoms with Gasteiger partial charge in [0.1, 0.15) is 6.04 Å². The maximum Gasteiger partial charge on any atom is 0.322 e. The van der Waals surface area contributed by atoms with Gasteiger partial charge in [-0.3, -0.25) is 4.79 Å². The zero-order chi connectivity index (χ0) is 9.84. The molecule has 0 spiro atoms. The summed E-state index contributed by atoms with van der Waals surface area (Å²) in [7, 11) is 0. The van der Waals surface area contributed by atoms with Crippen LogP contribution in [0.5, 0.6) is 0 Å². The van der Waals surface area contributed by atoms with Crippen molar-refractivity contribution in [2.75, 3.05) is 0 Å². The summed E-state index contributed by atoms with van der Waals surface area (Å²) in [6.07, 6.45) is 0. The van der Waals surface area contributed by atoms with Gasteiger partial charge in [-0.05, 0) is 5.56 Å². The zero-order valence-corrected chi connectivity index (χ0v) is 7.05. The lowest BCUT2D eigenvalue weighted by atomic mass is 10.0. The highest BCUT2D eigenvalue weighted by Gasteiger charge is 2.21. The summed E-state index contributed by atoms with van der Waals surface area (Å²) in [4.78, 5) is 10.5. The Morgan fingerprint density at radius 1 is 1.23 bits per heavy atom. The Morgan fingerprint density at radius 3 is 2.23 bits per heavy atom. The molecule has 0 bridgehead atoms. The van der Waals surface area contributed by atoms with E-state index in [1.165, 1.54) is 0 Å². The molecule has 70 valence electrons. The van der Waals surface area contributed by atoms with Crippen LogP contribution in [-0.4, -0.2) is 17.1 Å². The van der Waals surface area contributed by atoms with Gasteiger partial charge in [-0.1, -0.05) is 30.3 Å². The van der Waals surface area contributed by atoms with E-state index in [0.29, 0.717) is 0 Å². The molecule has 0 radical (unpaired) electrons. The third-order valence-corrected chi connectivity index (χ3v) is 1.86. The second-order valence-corrected chi connectivity index (χ2v) is 2.80. The second kappa shape index (κ2) is 4.02. The molecule has 0 aliphatic heterocycles. The van der Waals surface area contributed by atoms with E-state index in [4.69, 9.17) is 16.6 Å². The molecule has 0 aliphatic rings. The minimum Gasteiger partial charge on any atom is -0.480 e. The SMILES string of the molecule is N[C@@H](C(=O)O)[C@@H](N)c1ccccc1. The number of carbonyl (C=O) groups is 1. The lowest BCUT2D eigenvalue weighted by Crippen LogP contribution is -2.40. The Bertz CT molecular complexity index is 287. The van der Waals surface area contributed by atoms with Crippen LogP contribution in [0.4, 0.5) is 0 Å². The molecule has 4 heteroatoms. The fraction of sp³-hybridized carbons (Fsp3) is 0.222. The van der Waals surface area contributed by atoms with Crippen molar-refractivity contribution in [3.8, 4) is 0 Å². The highest BCUT2D eigenvalue weighted by Crippen LogP contribution is 2.11. The van der Waals surface area contributed by atoms with Crippen LogP contribution in [-0.2, 0) is 4.79 Å². The first-order chi connectivity index (χ1) is 6.13. The van der Waals surface area contributed by atoms with Crippen molar-refractivity contribution in [1.82, 2.24) is 0 Å². The number of rotatable bonds is 3. The Hall–Kier alpha value is -1.39. The minimum atomic E-state index is -1.09. The summed E-state index contributed by atoms with van der Waals surface area (Å²) < 4.78 is 0. The van der Waals surface area contributed by atoms with Crippen LogP contribution in [0.3, 0.4) is 0 Å². The van der Waals surface area contributed by atoms with Gasteiger partial charge in [0.05, 0.1) is 6.04 Å². The van der Waals surface area contributed by atoms with Gasteiger partial charge >= 0.3 is 5.97 Å². The van der Waals surface area contributed by atoms with Gasteiger partial charge in [-0.25, -0.2) is 0 Å². The molecule has 0 aliphatic carbocycles. The van der Waals surface area contributed by atoms with Crippen molar-refractivity contribution in [3.63, 3.8) is 0 Å². The number of carboxylic acid groups (broad SMARTS) is 1. The average Bonchev–Trinajstić information content (AvgIpc) is 2.17. The van der Waals surface area contributed by atoms with Gasteiger partial charge in [0.25, 0.3) is 0 Å². The van der Waals surface area contributed by atoms with E-state index in [1.54, 1.807) is 24.3 Å². The average molecular weight is 180 g/mol. The van der Waals surface area contributed by atoms with E-state index in [2.05, 4.69) is 0 Å². The highest BCUT2D eigenvalue weighted by atomic mass is 16.4. The summed E-state index contributed by atoms with van der Waals surface area (Å²) in [6.45, 7) is 0. The van der Waals surface area contributed by atoms with E-state index < -0.39 is 18.1 Å². The topological polar surface area (TPSA) is 89.3 Å². The zero-order valence-electron chi connectivity index (χ0n) is 7.05. The van der Waals surface area contributed by atoms with Crippen molar-refractivity contribution in [2.45, 2.75) is 12.1 Å². The molecule has 0 aromatic heterocycles. The number of hydrogen-bond acceptors (Lipinski definition) is 3. The molecule has 2 atom stereocenters. The van der Waals surface area contributed by atoms with E-state index in [-0.39, 0.29) is 0 Å². The Balaban J connectivity index is 2.79. The molecular formula is C9H12N2O2. The summed E-state index contributed by atoms with van der Waals surface area (Å²) in [5.41, 5.74) is 11.7. The molecule has 0 saturated heterocycles. The van der Waals surface area contributed by atoms with E-state index >= 15 is 0 Å². The molecule has 4 nitrogen and oxygen atoms in total. The van der Waals surface area contributed by atoms with Crippen LogP contribution in [0, 0.1) is 0 Å². The first-order valence-corrected chi connectivity index (χ1v) is 3.92. The molecule has 0 heterocycles. The smallest absolute Gasteiger partial charge is 0.322 e. The number of nitrogens with two attached hydrogens (primary N) is 2. The van der Waals surface area contributed by atoms with E-state index in [0.717, 1.165) is 5.56 Å². The van der Waals surface area contributed by atoms with Crippen LogP contribution in [0.25, 0.3) is 0 Å². The number of hydrogen-bond donors (Lipinski definition) is 3. The van der Waals surface area contributed by atoms with E-state index in [1.807, 2.05) is 6.07 Å². The summed E-state index contributed by atoms with van der Waals surface area (Å²) >= 11 is 0. The maximum atomic E-state index is 10.5. The van der Waals surface area contributed by atoms with Gasteiger partial charge in [0.2, 0.25) is 0 Å². The normalized spacial score (nSPS) is 14.9. The molecular weight excluding hydrogens is 168 g/mol. The Morgan fingerprint density at radius 2 is 1.77 bits per heavy atom. The lowest BCUT2D eigenvalue weighted by molar-refractivity contribution is -0.139. The van der Waals surface area contributed by atoms with Gasteiger partial charge in [-0.2, -0.15) is 0 Å². The maximum absolute atomic E-state index is 10.5. The minimum absolute atomic E-state index is 0.654. The Labute approximate surface area is 76.2 Å². The lowest BCUT2D eigenvalue weighted by Gasteiger charge is -2.15. The second-order valence-electron chi connectivity index (χ2n) is 2.80. The molecule has 0 amide bonds. The Kier molecular flexibility index (Phi) is 3.00. The van der Waals surface area contributed by atoms with Gasteiger partial charge in [-0.15, -0.1) is 0 Å².